The van der Waals surface area contributed by atoms with E-state index < -0.39 is 17.1 Å². The third-order valence-electron chi connectivity index (χ3n) is 5.78. The molecule has 2 saturated heterocycles. The quantitative estimate of drug-likeness (QED) is 0.308. The largest absolute Gasteiger partial charge is 0.487 e. The maximum Gasteiger partial charge on any atom is 0.335 e. The molecule has 2 aromatic rings. The molecule has 0 unspecified atom stereocenters. The summed E-state index contributed by atoms with van der Waals surface area (Å²) >= 11 is 5.15. The average molecular weight is 732 g/mol. The summed E-state index contributed by atoms with van der Waals surface area (Å²) in [6.45, 7) is 1.39. The lowest BCUT2D eigenvalue weighted by Crippen LogP contribution is -2.44. The first-order valence-corrected chi connectivity index (χ1v) is 14.2. The van der Waals surface area contributed by atoms with Gasteiger partial charge in [0, 0.05) is 13.1 Å². The topological polar surface area (TPSA) is 104 Å². The molecule has 0 aliphatic carbocycles. The minimum Gasteiger partial charge on any atom is -0.487 e. The van der Waals surface area contributed by atoms with Gasteiger partial charge in [-0.05, 0) is 118 Å². The van der Waals surface area contributed by atoms with Crippen molar-refractivity contribution < 1.29 is 29.0 Å². The molecule has 0 aromatic heterocycles. The number of rotatable bonds is 7. The number of piperidine rings is 1. The van der Waals surface area contributed by atoms with Crippen molar-refractivity contribution in [2.45, 2.75) is 25.9 Å². The molecule has 2 heterocycles. The van der Waals surface area contributed by atoms with E-state index in [0.29, 0.717) is 18.8 Å². The number of halogens is 2. The second-order valence-corrected chi connectivity index (χ2v) is 11.6. The Morgan fingerprint density at radius 3 is 2.28 bits per heavy atom. The number of ether oxygens (including phenoxy) is 1. The second-order valence-electron chi connectivity index (χ2n) is 8.31. The molecule has 0 spiro atoms. The zero-order valence-electron chi connectivity index (χ0n) is 19.0. The van der Waals surface area contributed by atoms with Gasteiger partial charge in [0.15, 0.2) is 0 Å². The van der Waals surface area contributed by atoms with Crippen LogP contribution in [-0.4, -0.2) is 57.6 Å². The summed E-state index contributed by atoms with van der Waals surface area (Å²) in [4.78, 5) is 51.9. The zero-order valence-corrected chi connectivity index (χ0v) is 24.2. The predicted octanol–water partition coefficient (Wildman–Crippen LogP) is 5.22. The van der Waals surface area contributed by atoms with Gasteiger partial charge in [0.2, 0.25) is 5.91 Å². The minimum absolute atomic E-state index is 0.193. The first-order chi connectivity index (χ1) is 17.2. The van der Waals surface area contributed by atoms with Crippen LogP contribution in [0.3, 0.4) is 0 Å². The van der Waals surface area contributed by atoms with Gasteiger partial charge in [-0.15, -0.1) is 0 Å². The molecule has 0 saturated carbocycles. The molecule has 0 atom stereocenters. The standard InChI is InChI=1S/C25H22I2N2O6S/c26-18-10-16(11-19(27)22(18)35-14-15-4-6-17(7-5-15)24(32)33)12-20-23(31)29(25(34)36-20)13-21(30)28-8-2-1-3-9-28/h4-7,10-12H,1-3,8-9,13-14H2,(H,32,33)/b20-12-. The lowest BCUT2D eigenvalue weighted by molar-refractivity contribution is -0.136. The van der Waals surface area contributed by atoms with Gasteiger partial charge in [-0.25, -0.2) is 4.79 Å². The van der Waals surface area contributed by atoms with E-state index in [1.807, 2.05) is 12.1 Å². The fourth-order valence-electron chi connectivity index (χ4n) is 3.87. The van der Waals surface area contributed by atoms with Crippen LogP contribution in [0, 0.1) is 7.14 Å². The molecule has 2 aliphatic rings. The van der Waals surface area contributed by atoms with Crippen molar-refractivity contribution in [3.8, 4) is 5.75 Å². The van der Waals surface area contributed by atoms with E-state index in [1.165, 1.54) is 12.1 Å². The number of hydrogen-bond donors (Lipinski definition) is 1. The van der Waals surface area contributed by atoms with Gasteiger partial charge < -0.3 is 14.7 Å². The van der Waals surface area contributed by atoms with Crippen LogP contribution in [0.2, 0.25) is 0 Å². The molecular weight excluding hydrogens is 710 g/mol. The normalized spacial score (nSPS) is 17.1. The number of amides is 3. The summed E-state index contributed by atoms with van der Waals surface area (Å²) in [6, 6.07) is 10.2. The first kappa shape index (κ1) is 26.9. The lowest BCUT2D eigenvalue weighted by atomic mass is 10.1. The maximum absolute atomic E-state index is 12.9. The van der Waals surface area contributed by atoms with Crippen LogP contribution in [-0.2, 0) is 16.2 Å². The van der Waals surface area contributed by atoms with Crippen LogP contribution in [0.15, 0.2) is 41.3 Å². The average Bonchev–Trinajstić information content (AvgIpc) is 3.11. The molecular formula is C25H22I2N2O6S. The number of nitrogens with zero attached hydrogens (tertiary/aromatic N) is 2. The number of carbonyl (C=O) groups excluding carboxylic acids is 3. The highest BCUT2D eigenvalue weighted by Crippen LogP contribution is 2.35. The predicted molar refractivity (Wildman–Crippen MR) is 153 cm³/mol. The van der Waals surface area contributed by atoms with Crippen LogP contribution in [0.1, 0.15) is 40.7 Å². The number of imide groups is 1. The third kappa shape index (κ3) is 6.40. The Bertz CT molecular complexity index is 1220. The van der Waals surface area contributed by atoms with Crippen molar-refractivity contribution in [2.24, 2.45) is 0 Å². The number of benzene rings is 2. The van der Waals surface area contributed by atoms with Gasteiger partial charge in [0.1, 0.15) is 18.9 Å². The number of likely N-dealkylation sites (tertiary alicyclic amines) is 1. The number of carboxylic acids is 1. The third-order valence-corrected chi connectivity index (χ3v) is 8.29. The van der Waals surface area contributed by atoms with Crippen molar-refractivity contribution in [1.29, 1.82) is 0 Å². The highest BCUT2D eigenvalue weighted by atomic mass is 127. The van der Waals surface area contributed by atoms with Crippen molar-refractivity contribution in [3.05, 3.63) is 65.1 Å². The van der Waals surface area contributed by atoms with E-state index in [-0.39, 0.29) is 29.5 Å². The molecule has 11 heteroatoms. The number of aromatic carboxylic acids is 1. The Hall–Kier alpha value is -2.13. The van der Waals surface area contributed by atoms with Crippen LogP contribution >= 0.6 is 56.9 Å². The fraction of sp³-hybridized carbons (Fsp3) is 0.280. The molecule has 4 rings (SSSR count). The zero-order chi connectivity index (χ0) is 25.8. The SMILES string of the molecule is O=C(O)c1ccc(COc2c(I)cc(/C=C3\SC(=O)N(CC(=O)N4CCCCC4)C3=O)cc2I)cc1. The Labute approximate surface area is 239 Å². The fourth-order valence-corrected chi connectivity index (χ4v) is 6.83. The van der Waals surface area contributed by atoms with E-state index in [1.54, 1.807) is 23.1 Å². The molecule has 36 heavy (non-hydrogen) atoms. The van der Waals surface area contributed by atoms with Crippen molar-refractivity contribution >= 4 is 86.0 Å². The summed E-state index contributed by atoms with van der Waals surface area (Å²) < 4.78 is 7.63. The van der Waals surface area contributed by atoms with Gasteiger partial charge in [0.25, 0.3) is 11.1 Å². The monoisotopic (exact) mass is 732 g/mol. The summed E-state index contributed by atoms with van der Waals surface area (Å²) in [7, 11) is 0. The van der Waals surface area contributed by atoms with Crippen LogP contribution < -0.4 is 4.74 Å². The smallest absolute Gasteiger partial charge is 0.335 e. The highest BCUT2D eigenvalue weighted by molar-refractivity contribution is 14.1. The molecule has 1 N–H and O–H groups in total. The summed E-state index contributed by atoms with van der Waals surface area (Å²) in [5.74, 6) is -0.948. The molecule has 188 valence electrons. The van der Waals surface area contributed by atoms with Gasteiger partial charge >= 0.3 is 5.97 Å². The molecule has 3 amide bonds. The maximum atomic E-state index is 12.9. The molecule has 2 fully saturated rings. The van der Waals surface area contributed by atoms with E-state index >= 15 is 0 Å². The Balaban J connectivity index is 1.43. The Morgan fingerprint density at radius 2 is 1.67 bits per heavy atom. The second kappa shape index (κ2) is 11.9. The van der Waals surface area contributed by atoms with Crippen LogP contribution in [0.25, 0.3) is 6.08 Å². The molecule has 2 aromatic carbocycles. The minimum atomic E-state index is -0.978. The molecule has 8 nitrogen and oxygen atoms in total. The van der Waals surface area contributed by atoms with E-state index in [0.717, 1.165) is 54.2 Å². The van der Waals surface area contributed by atoms with Gasteiger partial charge in [0.05, 0.1) is 17.6 Å². The van der Waals surface area contributed by atoms with Gasteiger partial charge in [-0.1, -0.05) is 12.1 Å². The van der Waals surface area contributed by atoms with Crippen molar-refractivity contribution in [2.75, 3.05) is 19.6 Å². The first-order valence-electron chi connectivity index (χ1n) is 11.2. The molecule has 0 radical (unpaired) electrons. The number of hydrogen-bond acceptors (Lipinski definition) is 6. The summed E-state index contributed by atoms with van der Waals surface area (Å²) in [6.07, 6.45) is 4.65. The summed E-state index contributed by atoms with van der Waals surface area (Å²) in [5.41, 5.74) is 1.80. The van der Waals surface area contributed by atoms with E-state index in [9.17, 15) is 19.2 Å². The van der Waals surface area contributed by atoms with Gasteiger partial charge in [-0.2, -0.15) is 0 Å². The molecule has 2 aliphatic heterocycles. The lowest BCUT2D eigenvalue weighted by Gasteiger charge is -2.27. The Kier molecular flexibility index (Phi) is 8.93. The summed E-state index contributed by atoms with van der Waals surface area (Å²) in [5, 5.41) is 8.59. The van der Waals surface area contributed by atoms with E-state index in [2.05, 4.69) is 45.2 Å². The van der Waals surface area contributed by atoms with Crippen LogP contribution in [0.5, 0.6) is 5.75 Å². The van der Waals surface area contributed by atoms with Crippen molar-refractivity contribution in [3.63, 3.8) is 0 Å². The van der Waals surface area contributed by atoms with Gasteiger partial charge in [-0.3, -0.25) is 19.3 Å². The van der Waals surface area contributed by atoms with Crippen molar-refractivity contribution in [1.82, 2.24) is 9.80 Å². The highest BCUT2D eigenvalue weighted by Gasteiger charge is 2.37. The molecule has 0 bridgehead atoms. The van der Waals surface area contributed by atoms with E-state index in [4.69, 9.17) is 9.84 Å². The Morgan fingerprint density at radius 1 is 1.03 bits per heavy atom. The number of thioether (sulfide) groups is 1. The van der Waals surface area contributed by atoms with Crippen LogP contribution in [0.4, 0.5) is 4.79 Å². The number of carboxylic acid groups (broad SMARTS) is 1. The number of carbonyl (C=O) groups is 4.